The lowest BCUT2D eigenvalue weighted by Crippen LogP contribution is -2.75. The predicted octanol–water partition coefficient (Wildman–Crippen LogP) is 3.03. The Kier molecular flexibility index (Phi) is 5.70. The molecule has 0 aliphatic carbocycles. The van der Waals surface area contributed by atoms with Gasteiger partial charge in [0.15, 0.2) is 5.78 Å². The van der Waals surface area contributed by atoms with Gasteiger partial charge in [-0.25, -0.2) is 4.79 Å². The van der Waals surface area contributed by atoms with Crippen LogP contribution < -0.4 is 0 Å². The van der Waals surface area contributed by atoms with Crippen LogP contribution in [0.15, 0.2) is 24.3 Å². The van der Waals surface area contributed by atoms with E-state index in [0.717, 1.165) is 54.8 Å². The molecule has 5 nitrogen and oxygen atoms in total. The highest BCUT2D eigenvalue weighted by Crippen LogP contribution is 2.29. The van der Waals surface area contributed by atoms with Gasteiger partial charge < -0.3 is 13.7 Å². The molecule has 0 aromatic heterocycles. The van der Waals surface area contributed by atoms with E-state index in [9.17, 15) is 9.59 Å². The van der Waals surface area contributed by atoms with Gasteiger partial charge in [-0.1, -0.05) is 32.9 Å². The summed E-state index contributed by atoms with van der Waals surface area (Å²) in [5, 5.41) is 0. The number of fused-ring (bicyclic) bond motifs is 3. The minimum atomic E-state index is -0.237. The van der Waals surface area contributed by atoms with E-state index in [-0.39, 0.29) is 17.5 Å². The van der Waals surface area contributed by atoms with Crippen molar-refractivity contribution >= 4 is 11.8 Å². The highest BCUT2D eigenvalue weighted by molar-refractivity contribution is 5.89. The van der Waals surface area contributed by atoms with Crippen LogP contribution in [0.1, 0.15) is 50.5 Å². The van der Waals surface area contributed by atoms with Crippen LogP contribution in [0.5, 0.6) is 0 Å². The Balaban J connectivity index is 1.66. The molecule has 154 valence electrons. The van der Waals surface area contributed by atoms with E-state index in [1.165, 1.54) is 5.56 Å². The van der Waals surface area contributed by atoms with Crippen LogP contribution in [0.2, 0.25) is 0 Å². The van der Waals surface area contributed by atoms with Crippen molar-refractivity contribution < 1.29 is 23.3 Å². The first-order valence-corrected chi connectivity index (χ1v) is 10.5. The maximum absolute atomic E-state index is 12.6. The topological polar surface area (TPSA) is 43.4 Å². The second-order valence-electron chi connectivity index (χ2n) is 10.2. The van der Waals surface area contributed by atoms with E-state index in [4.69, 9.17) is 4.74 Å². The number of hydrogen-bond acceptors (Lipinski definition) is 3. The molecule has 28 heavy (non-hydrogen) atoms. The third-order valence-corrected chi connectivity index (χ3v) is 6.89. The Morgan fingerprint density at radius 1 is 1.04 bits per heavy atom. The third-order valence-electron chi connectivity index (χ3n) is 6.89. The SMILES string of the molecule is CC(=O)C[N+]12CC[N+](Cc3cccc(C(=O)O[C@H](C)C(C)(C)C)c3)(CC1)CC2. The van der Waals surface area contributed by atoms with E-state index in [1.807, 2.05) is 25.1 Å². The molecule has 3 heterocycles. The summed E-state index contributed by atoms with van der Waals surface area (Å²) in [6.07, 6.45) is -0.137. The molecule has 0 radical (unpaired) electrons. The molecule has 3 fully saturated rings. The largest absolute Gasteiger partial charge is 0.459 e. The van der Waals surface area contributed by atoms with Crippen molar-refractivity contribution in [2.75, 3.05) is 45.8 Å². The molecular weight excluding hydrogens is 352 g/mol. The number of rotatable bonds is 6. The fraction of sp³-hybridized carbons (Fsp3) is 0.652. The average molecular weight is 389 g/mol. The summed E-state index contributed by atoms with van der Waals surface area (Å²) in [6.45, 7) is 18.1. The number of piperazine rings is 3. The third kappa shape index (κ3) is 4.64. The number of carbonyl (C=O) groups excluding carboxylic acids is 2. The molecule has 3 aliphatic rings. The molecule has 0 N–H and O–H groups in total. The number of hydrogen-bond donors (Lipinski definition) is 0. The van der Waals surface area contributed by atoms with Gasteiger partial charge in [0, 0.05) is 12.5 Å². The Hall–Kier alpha value is -1.72. The lowest BCUT2D eigenvalue weighted by Gasteiger charge is -2.55. The lowest BCUT2D eigenvalue weighted by atomic mass is 9.90. The number of carbonyl (C=O) groups is 2. The number of Topliss-reactive ketones (excluding diaryl/α,β-unsaturated/α-hetero) is 1. The highest BCUT2D eigenvalue weighted by Gasteiger charge is 2.49. The summed E-state index contributed by atoms with van der Waals surface area (Å²) in [5.74, 6) is 0.0660. The number of ether oxygens (including phenoxy) is 1. The van der Waals surface area contributed by atoms with Crippen molar-refractivity contribution in [1.82, 2.24) is 0 Å². The molecule has 3 saturated heterocycles. The van der Waals surface area contributed by atoms with E-state index in [2.05, 4.69) is 26.8 Å². The Morgan fingerprint density at radius 3 is 2.14 bits per heavy atom. The average Bonchev–Trinajstić information content (AvgIpc) is 2.62. The fourth-order valence-electron chi connectivity index (χ4n) is 4.48. The van der Waals surface area contributed by atoms with E-state index in [0.29, 0.717) is 17.9 Å². The summed E-state index contributed by atoms with van der Waals surface area (Å²) in [5.41, 5.74) is 1.77. The molecule has 3 aliphatic heterocycles. The molecule has 0 unspecified atom stereocenters. The summed E-state index contributed by atoms with van der Waals surface area (Å²) >= 11 is 0. The minimum absolute atomic E-state index is 0.0715. The fourth-order valence-corrected chi connectivity index (χ4v) is 4.48. The van der Waals surface area contributed by atoms with Crippen molar-refractivity contribution in [2.45, 2.75) is 47.3 Å². The Morgan fingerprint density at radius 2 is 1.61 bits per heavy atom. The van der Waals surface area contributed by atoms with Crippen molar-refractivity contribution in [2.24, 2.45) is 5.41 Å². The summed E-state index contributed by atoms with van der Waals surface area (Å²) in [7, 11) is 0. The predicted molar refractivity (Wildman–Crippen MR) is 110 cm³/mol. The molecule has 1 aromatic rings. The maximum Gasteiger partial charge on any atom is 0.338 e. The second-order valence-corrected chi connectivity index (χ2v) is 10.2. The van der Waals surface area contributed by atoms with Crippen LogP contribution in [0.25, 0.3) is 0 Å². The van der Waals surface area contributed by atoms with Gasteiger partial charge >= 0.3 is 5.97 Å². The standard InChI is InChI=1S/C23H36N2O3/c1-18(26)16-24-9-12-25(13-10-24,14-11-24)17-20-7-6-8-21(15-20)22(27)28-19(2)23(3,4)5/h6-8,15,19H,9-14,16-17H2,1-5H3/q+2/t19-,24?,25?/m1/s1. The lowest BCUT2D eigenvalue weighted by molar-refractivity contribution is -1.08. The highest BCUT2D eigenvalue weighted by atomic mass is 16.5. The van der Waals surface area contributed by atoms with Crippen LogP contribution in [-0.4, -0.2) is 72.6 Å². The van der Waals surface area contributed by atoms with E-state index >= 15 is 0 Å². The van der Waals surface area contributed by atoms with Gasteiger partial charge in [0.05, 0.1) is 5.56 Å². The number of nitrogens with zero attached hydrogens (tertiary/aromatic N) is 2. The van der Waals surface area contributed by atoms with Crippen molar-refractivity contribution in [3.8, 4) is 0 Å². The second kappa shape index (κ2) is 7.60. The Bertz CT molecular complexity index is 726. The van der Waals surface area contributed by atoms with Crippen LogP contribution in [0.4, 0.5) is 0 Å². The van der Waals surface area contributed by atoms with Crippen molar-refractivity contribution in [1.29, 1.82) is 0 Å². The molecule has 2 bridgehead atoms. The monoisotopic (exact) mass is 388 g/mol. The molecule has 0 amide bonds. The zero-order valence-corrected chi connectivity index (χ0v) is 18.2. The molecule has 0 saturated carbocycles. The van der Waals surface area contributed by atoms with Crippen LogP contribution in [-0.2, 0) is 16.1 Å². The molecule has 5 heteroatoms. The normalized spacial score (nSPS) is 28.0. The molecule has 4 rings (SSSR count). The van der Waals surface area contributed by atoms with Crippen LogP contribution in [0, 0.1) is 5.41 Å². The Labute approximate surface area is 169 Å². The smallest absolute Gasteiger partial charge is 0.338 e. The summed E-state index contributed by atoms with van der Waals surface area (Å²) in [6, 6.07) is 7.95. The first-order chi connectivity index (χ1) is 13.0. The van der Waals surface area contributed by atoms with Gasteiger partial charge in [0.25, 0.3) is 0 Å². The van der Waals surface area contributed by atoms with Crippen molar-refractivity contribution in [3.05, 3.63) is 35.4 Å². The van der Waals surface area contributed by atoms with Gasteiger partial charge in [0.2, 0.25) is 0 Å². The zero-order valence-electron chi connectivity index (χ0n) is 18.2. The van der Waals surface area contributed by atoms with Crippen molar-refractivity contribution in [3.63, 3.8) is 0 Å². The number of benzene rings is 1. The summed E-state index contributed by atoms with van der Waals surface area (Å²) in [4.78, 5) is 24.2. The first-order valence-electron chi connectivity index (χ1n) is 10.5. The van der Waals surface area contributed by atoms with Crippen LogP contribution in [0.3, 0.4) is 0 Å². The zero-order chi connectivity index (χ0) is 20.6. The van der Waals surface area contributed by atoms with Gasteiger partial charge in [-0.05, 0) is 24.5 Å². The quantitative estimate of drug-likeness (QED) is 0.556. The van der Waals surface area contributed by atoms with Gasteiger partial charge in [-0.15, -0.1) is 0 Å². The molecular formula is C23H36N2O3+2. The van der Waals surface area contributed by atoms with Crippen LogP contribution >= 0.6 is 0 Å². The first kappa shape index (κ1) is 21.0. The number of esters is 1. The van der Waals surface area contributed by atoms with E-state index in [1.54, 1.807) is 6.92 Å². The molecule has 0 spiro atoms. The molecule has 1 atom stereocenters. The summed E-state index contributed by atoms with van der Waals surface area (Å²) < 4.78 is 7.73. The maximum atomic E-state index is 12.6. The van der Waals surface area contributed by atoms with Gasteiger partial charge in [-0.2, -0.15) is 0 Å². The van der Waals surface area contributed by atoms with Gasteiger partial charge in [-0.3, -0.25) is 4.79 Å². The number of ketones is 1. The van der Waals surface area contributed by atoms with E-state index < -0.39 is 0 Å². The molecule has 1 aromatic carbocycles. The number of quaternary nitrogens is 2. The minimum Gasteiger partial charge on any atom is -0.459 e. The van der Waals surface area contributed by atoms with Gasteiger partial charge in [0.1, 0.15) is 58.5 Å².